The van der Waals surface area contributed by atoms with Crippen molar-refractivity contribution in [2.45, 2.75) is 70.9 Å². The molecule has 0 unspecified atom stereocenters. The molecule has 0 saturated heterocycles. The largest absolute Gasteiger partial charge is 0.244 e. The molecular weight excluding hydrogens is 340 g/mol. The standard InChI is InChI=1S/C26H33N2/c1-2-3-4-5-6-7-8-13-18-27-19-20-28(21-27)26-24-16-11-9-14-22(24)23-15-10-12-17-25(23)26/h9-12,14-17,19-21,26H,2-8,13,18H2,1H3/q+1. The van der Waals surface area contributed by atoms with E-state index in [9.17, 15) is 0 Å². The van der Waals surface area contributed by atoms with Crippen LogP contribution >= 0.6 is 0 Å². The minimum absolute atomic E-state index is 0.298. The molecule has 28 heavy (non-hydrogen) atoms. The number of hydrogen-bond acceptors (Lipinski definition) is 0. The molecule has 1 aromatic heterocycles. The topological polar surface area (TPSA) is 8.81 Å². The van der Waals surface area contributed by atoms with Gasteiger partial charge in [0.05, 0.1) is 6.54 Å². The number of aryl methyl sites for hydroxylation is 1. The van der Waals surface area contributed by atoms with Gasteiger partial charge in [-0.3, -0.25) is 0 Å². The van der Waals surface area contributed by atoms with Gasteiger partial charge in [-0.25, -0.2) is 9.13 Å². The lowest BCUT2D eigenvalue weighted by atomic mass is 10.1. The third kappa shape index (κ3) is 4.06. The summed E-state index contributed by atoms with van der Waals surface area (Å²) in [6.07, 6.45) is 17.8. The molecule has 1 aliphatic rings. The van der Waals surface area contributed by atoms with Gasteiger partial charge < -0.3 is 0 Å². The molecule has 0 radical (unpaired) electrons. The van der Waals surface area contributed by atoms with Crippen molar-refractivity contribution in [1.29, 1.82) is 0 Å². The Hall–Kier alpha value is -2.35. The Morgan fingerprint density at radius 3 is 1.96 bits per heavy atom. The van der Waals surface area contributed by atoms with Crippen LogP contribution in [0, 0.1) is 0 Å². The summed E-state index contributed by atoms with van der Waals surface area (Å²) in [4.78, 5) is 0. The number of aromatic nitrogens is 2. The van der Waals surface area contributed by atoms with Gasteiger partial charge in [-0.2, -0.15) is 0 Å². The summed E-state index contributed by atoms with van der Waals surface area (Å²) in [6.45, 7) is 3.41. The van der Waals surface area contributed by atoms with Crippen molar-refractivity contribution >= 4 is 0 Å². The SMILES string of the molecule is CCCCCCCCCC[n+]1ccn(C2c3ccccc3-c3ccccc32)c1. The van der Waals surface area contributed by atoms with Crippen LogP contribution in [0.4, 0.5) is 0 Å². The number of imidazole rings is 1. The van der Waals surface area contributed by atoms with Gasteiger partial charge in [0.25, 0.3) is 0 Å². The van der Waals surface area contributed by atoms with Gasteiger partial charge in [0, 0.05) is 11.1 Å². The first-order valence-electron chi connectivity index (χ1n) is 11.1. The highest BCUT2D eigenvalue weighted by molar-refractivity contribution is 5.78. The van der Waals surface area contributed by atoms with Crippen molar-refractivity contribution in [3.05, 3.63) is 78.4 Å². The summed E-state index contributed by atoms with van der Waals surface area (Å²) in [5, 5.41) is 0. The Bertz CT molecular complexity index is 847. The van der Waals surface area contributed by atoms with Crippen molar-refractivity contribution in [2.24, 2.45) is 0 Å². The van der Waals surface area contributed by atoms with Crippen LogP contribution in [0.25, 0.3) is 11.1 Å². The summed E-state index contributed by atoms with van der Waals surface area (Å²) in [5.74, 6) is 0. The van der Waals surface area contributed by atoms with Crippen molar-refractivity contribution in [3.8, 4) is 11.1 Å². The Morgan fingerprint density at radius 2 is 1.32 bits per heavy atom. The molecule has 0 fully saturated rings. The van der Waals surface area contributed by atoms with Crippen molar-refractivity contribution in [3.63, 3.8) is 0 Å². The molecule has 0 aliphatic heterocycles. The molecule has 146 valence electrons. The molecule has 2 nitrogen and oxygen atoms in total. The number of fused-ring (bicyclic) bond motifs is 3. The quantitative estimate of drug-likeness (QED) is 0.221. The fraction of sp³-hybridized carbons (Fsp3) is 0.423. The monoisotopic (exact) mass is 373 g/mol. The highest BCUT2D eigenvalue weighted by Gasteiger charge is 2.32. The maximum absolute atomic E-state index is 2.38. The second-order valence-electron chi connectivity index (χ2n) is 8.15. The van der Waals surface area contributed by atoms with Crippen LogP contribution in [0.5, 0.6) is 0 Å². The van der Waals surface area contributed by atoms with Gasteiger partial charge in [0.2, 0.25) is 6.33 Å². The summed E-state index contributed by atoms with van der Waals surface area (Å²) in [6, 6.07) is 18.0. The third-order valence-electron chi connectivity index (χ3n) is 6.08. The van der Waals surface area contributed by atoms with Crippen LogP contribution in [0.2, 0.25) is 0 Å². The molecule has 2 heteroatoms. The summed E-state index contributed by atoms with van der Waals surface area (Å²) >= 11 is 0. The van der Waals surface area contributed by atoms with Gasteiger partial charge >= 0.3 is 0 Å². The molecule has 0 amide bonds. The van der Waals surface area contributed by atoms with Gasteiger partial charge in [-0.15, -0.1) is 0 Å². The maximum atomic E-state index is 2.38. The minimum atomic E-state index is 0.298. The van der Waals surface area contributed by atoms with Gasteiger partial charge in [0.15, 0.2) is 6.04 Å². The normalized spacial score (nSPS) is 12.9. The van der Waals surface area contributed by atoms with Crippen LogP contribution in [-0.2, 0) is 6.54 Å². The average Bonchev–Trinajstić information content (AvgIpc) is 3.32. The van der Waals surface area contributed by atoms with E-state index in [2.05, 4.69) is 83.3 Å². The lowest BCUT2D eigenvalue weighted by Gasteiger charge is -2.09. The van der Waals surface area contributed by atoms with E-state index in [4.69, 9.17) is 0 Å². The van der Waals surface area contributed by atoms with E-state index in [0.717, 1.165) is 6.54 Å². The molecule has 1 heterocycles. The smallest absolute Gasteiger partial charge is 0.237 e. The van der Waals surface area contributed by atoms with E-state index in [0.29, 0.717) is 6.04 Å². The number of unbranched alkanes of at least 4 members (excludes halogenated alkanes) is 7. The third-order valence-corrected chi connectivity index (χ3v) is 6.08. The molecular formula is C26H33N2+. The second kappa shape index (κ2) is 9.23. The van der Waals surface area contributed by atoms with Crippen LogP contribution in [0.1, 0.15) is 75.5 Å². The van der Waals surface area contributed by atoms with Crippen LogP contribution in [0.15, 0.2) is 67.3 Å². The Kier molecular flexibility index (Phi) is 6.26. The van der Waals surface area contributed by atoms with E-state index in [1.807, 2.05) is 0 Å². The van der Waals surface area contributed by atoms with E-state index in [1.54, 1.807) is 0 Å². The molecule has 0 bridgehead atoms. The first-order valence-corrected chi connectivity index (χ1v) is 11.1. The lowest BCUT2D eigenvalue weighted by Crippen LogP contribution is -2.31. The average molecular weight is 374 g/mol. The van der Waals surface area contributed by atoms with E-state index >= 15 is 0 Å². The summed E-state index contributed by atoms with van der Waals surface area (Å²) in [7, 11) is 0. The Labute approximate surface area is 169 Å². The maximum Gasteiger partial charge on any atom is 0.244 e. The Morgan fingerprint density at radius 1 is 0.750 bits per heavy atom. The molecule has 0 saturated carbocycles. The van der Waals surface area contributed by atoms with Gasteiger partial charge in [0.1, 0.15) is 12.4 Å². The second-order valence-corrected chi connectivity index (χ2v) is 8.15. The van der Waals surface area contributed by atoms with Crippen LogP contribution in [-0.4, -0.2) is 4.57 Å². The van der Waals surface area contributed by atoms with Crippen LogP contribution in [0.3, 0.4) is 0 Å². The zero-order valence-corrected chi connectivity index (χ0v) is 17.2. The first kappa shape index (κ1) is 19.0. The predicted octanol–water partition coefficient (Wildman–Crippen LogP) is 6.53. The van der Waals surface area contributed by atoms with E-state index < -0.39 is 0 Å². The fourth-order valence-electron chi connectivity index (χ4n) is 4.57. The van der Waals surface area contributed by atoms with E-state index in [-0.39, 0.29) is 0 Å². The summed E-state index contributed by atoms with van der Waals surface area (Å²) < 4.78 is 4.75. The number of rotatable bonds is 10. The van der Waals surface area contributed by atoms with E-state index in [1.165, 1.54) is 73.6 Å². The molecule has 1 aliphatic carbocycles. The number of benzene rings is 2. The van der Waals surface area contributed by atoms with Crippen LogP contribution < -0.4 is 4.57 Å². The van der Waals surface area contributed by atoms with Crippen molar-refractivity contribution in [2.75, 3.05) is 0 Å². The fourth-order valence-corrected chi connectivity index (χ4v) is 4.57. The Balaban J connectivity index is 1.37. The molecule has 4 rings (SSSR count). The predicted molar refractivity (Wildman–Crippen MR) is 116 cm³/mol. The summed E-state index contributed by atoms with van der Waals surface area (Å²) in [5.41, 5.74) is 5.59. The number of nitrogens with zero attached hydrogens (tertiary/aromatic N) is 2. The van der Waals surface area contributed by atoms with Crippen molar-refractivity contribution < 1.29 is 4.57 Å². The first-order chi connectivity index (χ1) is 13.9. The number of hydrogen-bond donors (Lipinski definition) is 0. The molecule has 2 aromatic carbocycles. The van der Waals surface area contributed by atoms with Gasteiger partial charge in [-0.05, 0) is 24.0 Å². The zero-order valence-electron chi connectivity index (χ0n) is 17.2. The highest BCUT2D eigenvalue weighted by Crippen LogP contribution is 2.44. The molecule has 0 N–H and O–H groups in total. The minimum Gasteiger partial charge on any atom is -0.237 e. The zero-order chi connectivity index (χ0) is 19.2. The highest BCUT2D eigenvalue weighted by atomic mass is 15.1. The molecule has 3 aromatic rings. The van der Waals surface area contributed by atoms with Crippen molar-refractivity contribution in [1.82, 2.24) is 4.57 Å². The van der Waals surface area contributed by atoms with Gasteiger partial charge in [-0.1, -0.05) is 94.0 Å². The molecule has 0 spiro atoms. The molecule has 0 atom stereocenters. The lowest BCUT2D eigenvalue weighted by molar-refractivity contribution is -0.697.